The molecule has 0 radical (unpaired) electrons. The lowest BCUT2D eigenvalue weighted by Gasteiger charge is -2.09. The van der Waals surface area contributed by atoms with E-state index in [1.807, 2.05) is 48.5 Å². The largest absolute Gasteiger partial charge is 0.240 e. The first-order valence-corrected chi connectivity index (χ1v) is 9.37. The third kappa shape index (κ3) is 2.75. The van der Waals surface area contributed by atoms with Crippen LogP contribution in [0.4, 0.5) is 0 Å². The molecule has 3 nitrogen and oxygen atoms in total. The van der Waals surface area contributed by atoms with Crippen LogP contribution in [-0.4, -0.2) is 8.42 Å². The number of hydrogen-bond donors (Lipinski definition) is 1. The van der Waals surface area contributed by atoms with Gasteiger partial charge in [0.25, 0.3) is 0 Å². The quantitative estimate of drug-likeness (QED) is 0.617. The molecular formula is C20H17NO2S. The van der Waals surface area contributed by atoms with Gasteiger partial charge in [-0.3, -0.25) is 0 Å². The Balaban J connectivity index is 1.60. The van der Waals surface area contributed by atoms with Crippen LogP contribution in [-0.2, 0) is 23.0 Å². The standard InChI is InChI=1S/C20H17NO2S/c22-24(23,21-14-15-6-2-1-3-7-15)18-10-11-20-17(13-18)12-16-8-4-5-9-19(16)20/h1-11,13,21H,12,14H2. The third-order valence-electron chi connectivity index (χ3n) is 4.38. The van der Waals surface area contributed by atoms with Crippen LogP contribution in [0, 0.1) is 0 Å². The van der Waals surface area contributed by atoms with Gasteiger partial charge in [-0.05, 0) is 46.4 Å². The van der Waals surface area contributed by atoms with E-state index in [1.54, 1.807) is 12.1 Å². The zero-order chi connectivity index (χ0) is 16.6. The molecule has 0 aliphatic heterocycles. The molecule has 0 fully saturated rings. The molecule has 4 heteroatoms. The molecule has 0 atom stereocenters. The molecule has 0 aromatic heterocycles. The first-order valence-electron chi connectivity index (χ1n) is 7.88. The van der Waals surface area contributed by atoms with E-state index in [2.05, 4.69) is 16.9 Å². The topological polar surface area (TPSA) is 46.2 Å². The van der Waals surface area contributed by atoms with Crippen molar-refractivity contribution < 1.29 is 8.42 Å². The molecule has 0 saturated carbocycles. The number of benzene rings is 3. The minimum absolute atomic E-state index is 0.292. The number of fused-ring (bicyclic) bond motifs is 3. The minimum Gasteiger partial charge on any atom is -0.207 e. The predicted octanol–water partition coefficient (Wildman–Crippen LogP) is 3.74. The Morgan fingerprint density at radius 1 is 0.792 bits per heavy atom. The normalized spacial score (nSPS) is 12.7. The van der Waals surface area contributed by atoms with Crippen molar-refractivity contribution in [2.75, 3.05) is 0 Å². The van der Waals surface area contributed by atoms with Gasteiger partial charge in [0.05, 0.1) is 4.90 Å². The molecule has 120 valence electrons. The van der Waals surface area contributed by atoms with Gasteiger partial charge in [-0.15, -0.1) is 0 Å². The van der Waals surface area contributed by atoms with Crippen LogP contribution in [0.3, 0.4) is 0 Å². The zero-order valence-electron chi connectivity index (χ0n) is 13.1. The van der Waals surface area contributed by atoms with Crippen molar-refractivity contribution in [1.29, 1.82) is 0 Å². The van der Waals surface area contributed by atoms with Gasteiger partial charge in [-0.1, -0.05) is 60.7 Å². The first-order chi connectivity index (χ1) is 11.6. The lowest BCUT2D eigenvalue weighted by Crippen LogP contribution is -2.23. The second-order valence-electron chi connectivity index (χ2n) is 5.96. The summed E-state index contributed by atoms with van der Waals surface area (Å²) in [6.45, 7) is 0.292. The van der Waals surface area contributed by atoms with E-state index >= 15 is 0 Å². The molecule has 1 aliphatic carbocycles. The van der Waals surface area contributed by atoms with Crippen LogP contribution in [0.5, 0.6) is 0 Å². The molecule has 4 rings (SSSR count). The molecule has 0 saturated heterocycles. The van der Waals surface area contributed by atoms with Crippen molar-refractivity contribution in [3.05, 3.63) is 89.5 Å². The summed E-state index contributed by atoms with van der Waals surface area (Å²) in [5.74, 6) is 0. The van der Waals surface area contributed by atoms with Crippen LogP contribution in [0.2, 0.25) is 0 Å². The second kappa shape index (κ2) is 5.89. The van der Waals surface area contributed by atoms with Crippen LogP contribution in [0.25, 0.3) is 11.1 Å². The van der Waals surface area contributed by atoms with Crippen LogP contribution in [0.15, 0.2) is 77.7 Å². The Morgan fingerprint density at radius 2 is 1.50 bits per heavy atom. The van der Waals surface area contributed by atoms with Crippen molar-refractivity contribution in [1.82, 2.24) is 4.72 Å². The molecule has 0 heterocycles. The highest BCUT2D eigenvalue weighted by Crippen LogP contribution is 2.37. The van der Waals surface area contributed by atoms with E-state index in [4.69, 9.17) is 0 Å². The highest BCUT2D eigenvalue weighted by Gasteiger charge is 2.21. The highest BCUT2D eigenvalue weighted by molar-refractivity contribution is 7.89. The lowest BCUT2D eigenvalue weighted by atomic mass is 10.1. The number of hydrogen-bond acceptors (Lipinski definition) is 2. The van der Waals surface area contributed by atoms with Gasteiger partial charge in [0, 0.05) is 6.54 Å². The Labute approximate surface area is 142 Å². The molecule has 3 aromatic rings. The van der Waals surface area contributed by atoms with Gasteiger partial charge >= 0.3 is 0 Å². The Kier molecular flexibility index (Phi) is 3.71. The van der Waals surface area contributed by atoms with Crippen molar-refractivity contribution >= 4 is 10.0 Å². The summed E-state index contributed by atoms with van der Waals surface area (Å²) in [5, 5.41) is 0. The lowest BCUT2D eigenvalue weighted by molar-refractivity contribution is 0.581. The molecule has 24 heavy (non-hydrogen) atoms. The van der Waals surface area contributed by atoms with Gasteiger partial charge in [0.1, 0.15) is 0 Å². The number of sulfonamides is 1. The minimum atomic E-state index is -3.52. The zero-order valence-corrected chi connectivity index (χ0v) is 13.9. The molecule has 1 aliphatic rings. The maximum atomic E-state index is 12.6. The van der Waals surface area contributed by atoms with Gasteiger partial charge in [-0.2, -0.15) is 0 Å². The molecule has 0 unspecified atom stereocenters. The maximum absolute atomic E-state index is 12.6. The maximum Gasteiger partial charge on any atom is 0.240 e. The van der Waals surface area contributed by atoms with E-state index < -0.39 is 10.0 Å². The molecule has 0 bridgehead atoms. The number of nitrogens with one attached hydrogen (secondary N) is 1. The predicted molar refractivity (Wildman–Crippen MR) is 95.2 cm³/mol. The molecule has 0 amide bonds. The summed E-state index contributed by atoms with van der Waals surface area (Å²) >= 11 is 0. The van der Waals surface area contributed by atoms with Crippen molar-refractivity contribution in [3.8, 4) is 11.1 Å². The SMILES string of the molecule is O=S(=O)(NCc1ccccc1)c1ccc2c(c1)Cc1ccccc1-2. The van der Waals surface area contributed by atoms with Crippen LogP contribution >= 0.6 is 0 Å². The highest BCUT2D eigenvalue weighted by atomic mass is 32.2. The molecule has 1 N–H and O–H groups in total. The molecule has 0 spiro atoms. The summed E-state index contributed by atoms with van der Waals surface area (Å²) in [6, 6.07) is 23.1. The monoisotopic (exact) mass is 335 g/mol. The van der Waals surface area contributed by atoms with E-state index in [9.17, 15) is 8.42 Å². The fourth-order valence-corrected chi connectivity index (χ4v) is 4.21. The summed E-state index contributed by atoms with van der Waals surface area (Å²) < 4.78 is 27.8. The van der Waals surface area contributed by atoms with Crippen molar-refractivity contribution in [2.24, 2.45) is 0 Å². The van der Waals surface area contributed by atoms with E-state index in [0.29, 0.717) is 11.4 Å². The second-order valence-corrected chi connectivity index (χ2v) is 7.73. The van der Waals surface area contributed by atoms with Crippen LogP contribution in [0.1, 0.15) is 16.7 Å². The Morgan fingerprint density at radius 3 is 2.33 bits per heavy atom. The van der Waals surface area contributed by atoms with Crippen molar-refractivity contribution in [2.45, 2.75) is 17.9 Å². The molecule has 3 aromatic carbocycles. The summed E-state index contributed by atoms with van der Waals surface area (Å²) in [5.41, 5.74) is 5.59. The van der Waals surface area contributed by atoms with Crippen LogP contribution < -0.4 is 4.72 Å². The fraction of sp³-hybridized carbons (Fsp3) is 0.100. The molecular weight excluding hydrogens is 318 g/mol. The van der Waals surface area contributed by atoms with E-state index in [1.165, 1.54) is 11.1 Å². The smallest absolute Gasteiger partial charge is 0.207 e. The summed E-state index contributed by atoms with van der Waals surface area (Å²) in [6.07, 6.45) is 0.785. The summed E-state index contributed by atoms with van der Waals surface area (Å²) in [7, 11) is -3.52. The Hall–Kier alpha value is -2.43. The first kappa shape index (κ1) is 15.1. The average Bonchev–Trinajstić information content (AvgIpc) is 2.99. The van der Waals surface area contributed by atoms with E-state index in [0.717, 1.165) is 23.1 Å². The Bertz CT molecular complexity index is 995. The fourth-order valence-electron chi connectivity index (χ4n) is 3.15. The average molecular weight is 335 g/mol. The van der Waals surface area contributed by atoms with Gasteiger partial charge in [0.15, 0.2) is 0 Å². The van der Waals surface area contributed by atoms with Crippen molar-refractivity contribution in [3.63, 3.8) is 0 Å². The number of rotatable bonds is 4. The van der Waals surface area contributed by atoms with Gasteiger partial charge < -0.3 is 0 Å². The van der Waals surface area contributed by atoms with Gasteiger partial charge in [0.2, 0.25) is 10.0 Å². The van der Waals surface area contributed by atoms with Gasteiger partial charge in [-0.25, -0.2) is 13.1 Å². The summed E-state index contributed by atoms with van der Waals surface area (Å²) in [4.78, 5) is 0.324. The van der Waals surface area contributed by atoms with E-state index in [-0.39, 0.29) is 0 Å². The third-order valence-corrected chi connectivity index (χ3v) is 5.78.